The van der Waals surface area contributed by atoms with Gasteiger partial charge in [0.25, 0.3) is 0 Å². The molecule has 0 radical (unpaired) electrons. The Morgan fingerprint density at radius 2 is 2.25 bits per heavy atom. The van der Waals surface area contributed by atoms with Crippen molar-refractivity contribution in [1.82, 2.24) is 5.32 Å². The van der Waals surface area contributed by atoms with Gasteiger partial charge in [-0.1, -0.05) is 6.92 Å². The predicted octanol–water partition coefficient (Wildman–Crippen LogP) is 2.72. The van der Waals surface area contributed by atoms with E-state index in [0.717, 1.165) is 18.4 Å². The minimum absolute atomic E-state index is 0.290. The van der Waals surface area contributed by atoms with Crippen LogP contribution in [0.4, 0.5) is 0 Å². The third-order valence-corrected chi connectivity index (χ3v) is 5.32. The summed E-state index contributed by atoms with van der Waals surface area (Å²) in [6, 6.07) is 0.713. The van der Waals surface area contributed by atoms with Gasteiger partial charge in [-0.15, -0.1) is 0 Å². The van der Waals surface area contributed by atoms with Crippen molar-refractivity contribution in [3.8, 4) is 0 Å². The van der Waals surface area contributed by atoms with E-state index < -0.39 is 0 Å². The van der Waals surface area contributed by atoms with Gasteiger partial charge < -0.3 is 10.1 Å². The lowest BCUT2D eigenvalue weighted by atomic mass is 9.55. The van der Waals surface area contributed by atoms with E-state index in [9.17, 15) is 0 Å². The van der Waals surface area contributed by atoms with Gasteiger partial charge in [0.2, 0.25) is 0 Å². The highest BCUT2D eigenvalue weighted by atomic mass is 16.5. The summed E-state index contributed by atoms with van der Waals surface area (Å²) in [7, 11) is 0. The molecule has 1 N–H and O–H groups in total. The quantitative estimate of drug-likeness (QED) is 0.794. The fourth-order valence-electron chi connectivity index (χ4n) is 4.17. The summed E-state index contributed by atoms with van der Waals surface area (Å²) in [4.78, 5) is 0. The topological polar surface area (TPSA) is 21.3 Å². The number of rotatable bonds is 3. The fraction of sp³-hybridized carbons (Fsp3) is 1.00. The standard InChI is InChI=1S/C14H25NO/c1-4-13(2,3)15-11-6-5-7-14-8-10(9-16-14)12(11)14/h10-12,15H,4-9H2,1-3H3. The number of fused-ring (bicyclic) bond motifs is 1. The summed E-state index contributed by atoms with van der Waals surface area (Å²) < 4.78 is 6.06. The van der Waals surface area contributed by atoms with Gasteiger partial charge in [-0.2, -0.15) is 0 Å². The van der Waals surface area contributed by atoms with E-state index in [1.54, 1.807) is 0 Å². The lowest BCUT2D eigenvalue weighted by Gasteiger charge is -2.54. The van der Waals surface area contributed by atoms with Gasteiger partial charge in [-0.25, -0.2) is 0 Å². The summed E-state index contributed by atoms with van der Waals surface area (Å²) in [5.74, 6) is 1.69. The Bertz CT molecular complexity index is 284. The predicted molar refractivity (Wildman–Crippen MR) is 65.4 cm³/mol. The molecule has 2 saturated carbocycles. The van der Waals surface area contributed by atoms with Gasteiger partial charge in [0.15, 0.2) is 0 Å². The first-order chi connectivity index (χ1) is 7.56. The molecule has 0 amide bonds. The smallest absolute Gasteiger partial charge is 0.0732 e. The van der Waals surface area contributed by atoms with Crippen LogP contribution in [-0.4, -0.2) is 23.8 Å². The molecular weight excluding hydrogens is 198 g/mol. The van der Waals surface area contributed by atoms with E-state index in [4.69, 9.17) is 4.74 Å². The van der Waals surface area contributed by atoms with Crippen molar-refractivity contribution < 1.29 is 4.74 Å². The van der Waals surface area contributed by atoms with Crippen molar-refractivity contribution in [3.63, 3.8) is 0 Å². The second kappa shape index (κ2) is 3.46. The van der Waals surface area contributed by atoms with Crippen LogP contribution in [0.3, 0.4) is 0 Å². The van der Waals surface area contributed by atoms with E-state index in [1.165, 1.54) is 32.1 Å². The first-order valence-electron chi connectivity index (χ1n) is 6.98. The zero-order valence-electron chi connectivity index (χ0n) is 10.9. The maximum absolute atomic E-state index is 6.06. The monoisotopic (exact) mass is 223 g/mol. The average Bonchev–Trinajstić information content (AvgIpc) is 2.75. The van der Waals surface area contributed by atoms with Crippen molar-refractivity contribution in [2.75, 3.05) is 6.61 Å². The summed E-state index contributed by atoms with van der Waals surface area (Å²) in [5.41, 5.74) is 0.600. The Balaban J connectivity index is 1.72. The zero-order chi connectivity index (χ0) is 11.4. The van der Waals surface area contributed by atoms with Crippen LogP contribution < -0.4 is 5.32 Å². The van der Waals surface area contributed by atoms with Crippen LogP contribution in [0, 0.1) is 11.8 Å². The Labute approximate surface area is 99.1 Å². The minimum atomic E-state index is 0.290. The van der Waals surface area contributed by atoms with Crippen LogP contribution in [-0.2, 0) is 4.74 Å². The van der Waals surface area contributed by atoms with Crippen LogP contribution in [0.2, 0.25) is 0 Å². The lowest BCUT2D eigenvalue weighted by molar-refractivity contribution is -0.0964. The molecule has 1 spiro atoms. The molecule has 2 aliphatic carbocycles. The number of hydrogen-bond acceptors (Lipinski definition) is 2. The molecule has 2 bridgehead atoms. The van der Waals surface area contributed by atoms with E-state index in [2.05, 4.69) is 26.1 Å². The molecule has 2 heterocycles. The van der Waals surface area contributed by atoms with Crippen LogP contribution in [0.1, 0.15) is 52.9 Å². The lowest BCUT2D eigenvalue weighted by Crippen LogP contribution is -2.62. The summed E-state index contributed by atoms with van der Waals surface area (Å²) in [5, 5.41) is 3.89. The molecule has 0 aromatic rings. The molecule has 2 saturated heterocycles. The third-order valence-electron chi connectivity index (χ3n) is 5.32. The highest BCUT2D eigenvalue weighted by Gasteiger charge is 2.64. The maximum atomic E-state index is 6.06. The van der Waals surface area contributed by atoms with E-state index in [1.807, 2.05) is 0 Å². The van der Waals surface area contributed by atoms with Crippen LogP contribution in [0.25, 0.3) is 0 Å². The maximum Gasteiger partial charge on any atom is 0.0732 e. The Morgan fingerprint density at radius 3 is 2.94 bits per heavy atom. The van der Waals surface area contributed by atoms with Crippen LogP contribution in [0.5, 0.6) is 0 Å². The van der Waals surface area contributed by atoms with Gasteiger partial charge in [-0.3, -0.25) is 0 Å². The average molecular weight is 223 g/mol. The van der Waals surface area contributed by atoms with Crippen molar-refractivity contribution in [1.29, 1.82) is 0 Å². The van der Waals surface area contributed by atoms with Gasteiger partial charge in [0.05, 0.1) is 12.2 Å². The molecule has 16 heavy (non-hydrogen) atoms. The number of ether oxygens (including phenoxy) is 1. The molecule has 4 aliphatic rings. The molecule has 4 unspecified atom stereocenters. The third kappa shape index (κ3) is 1.46. The van der Waals surface area contributed by atoms with E-state index in [-0.39, 0.29) is 5.54 Å². The minimum Gasteiger partial charge on any atom is -0.374 e. The van der Waals surface area contributed by atoms with Crippen molar-refractivity contribution in [2.24, 2.45) is 11.8 Å². The first kappa shape index (κ1) is 11.0. The molecule has 4 atom stereocenters. The largest absolute Gasteiger partial charge is 0.374 e. The summed E-state index contributed by atoms with van der Waals surface area (Å²) in [6.45, 7) is 7.97. The van der Waals surface area contributed by atoms with Crippen molar-refractivity contribution >= 4 is 0 Å². The molecular formula is C14H25NO. The van der Waals surface area contributed by atoms with Gasteiger partial charge in [-0.05, 0) is 51.9 Å². The molecule has 92 valence electrons. The molecule has 2 heteroatoms. The normalized spacial score (nSPS) is 46.3. The Morgan fingerprint density at radius 1 is 1.44 bits per heavy atom. The fourth-order valence-corrected chi connectivity index (χ4v) is 4.17. The second-order valence-electron chi connectivity index (χ2n) is 6.75. The van der Waals surface area contributed by atoms with E-state index >= 15 is 0 Å². The summed E-state index contributed by atoms with van der Waals surface area (Å²) >= 11 is 0. The molecule has 4 rings (SSSR count). The Hall–Kier alpha value is -0.0800. The second-order valence-corrected chi connectivity index (χ2v) is 6.75. The van der Waals surface area contributed by atoms with Crippen molar-refractivity contribution in [3.05, 3.63) is 0 Å². The molecule has 2 nitrogen and oxygen atoms in total. The van der Waals surface area contributed by atoms with Gasteiger partial charge in [0.1, 0.15) is 0 Å². The molecule has 4 fully saturated rings. The van der Waals surface area contributed by atoms with Crippen LogP contribution in [0.15, 0.2) is 0 Å². The first-order valence-corrected chi connectivity index (χ1v) is 6.98. The Kier molecular flexibility index (Phi) is 2.38. The zero-order valence-corrected chi connectivity index (χ0v) is 10.9. The summed E-state index contributed by atoms with van der Waals surface area (Å²) in [6.07, 6.45) is 6.58. The molecule has 0 aromatic heterocycles. The van der Waals surface area contributed by atoms with E-state index in [0.29, 0.717) is 11.6 Å². The van der Waals surface area contributed by atoms with Gasteiger partial charge in [0, 0.05) is 17.5 Å². The van der Waals surface area contributed by atoms with Crippen LogP contribution >= 0.6 is 0 Å². The highest BCUT2D eigenvalue weighted by Crippen LogP contribution is 2.60. The van der Waals surface area contributed by atoms with Gasteiger partial charge >= 0.3 is 0 Å². The highest BCUT2D eigenvalue weighted by molar-refractivity contribution is 5.15. The molecule has 0 aromatic carbocycles. The number of nitrogens with one attached hydrogen (secondary N) is 1. The number of hydrogen-bond donors (Lipinski definition) is 1. The SMILES string of the molecule is CCC(C)(C)NC1CCCC23CC(CO2)C13. The van der Waals surface area contributed by atoms with Crippen molar-refractivity contribution in [2.45, 2.75) is 70.1 Å². The molecule has 2 aliphatic heterocycles.